The SMILES string of the molecule is C[C@@H]1N(C(=O)OCOC(=O)/C=C/COC(=O)c2cc(S(N)(=O)=O)c(Cl)cc2NCc2ccco2)C(C)(C)CO[C@@]1(O)c1cccc(Cl)c1. The van der Waals surface area contributed by atoms with E-state index < -0.39 is 63.7 Å². The second-order valence-electron chi connectivity index (χ2n) is 11.2. The Morgan fingerprint density at radius 3 is 2.54 bits per heavy atom. The number of hydrogen-bond donors (Lipinski definition) is 3. The Bertz CT molecular complexity index is 1800. The molecule has 1 aliphatic heterocycles. The number of rotatable bonds is 11. The number of sulfonamides is 1. The smallest absolute Gasteiger partial charge is 0.413 e. The molecule has 0 saturated carbocycles. The first kappa shape index (κ1) is 36.7. The third-order valence-electron chi connectivity index (χ3n) is 7.27. The summed E-state index contributed by atoms with van der Waals surface area (Å²) in [6.45, 7) is 3.93. The Labute approximate surface area is 286 Å². The topological polar surface area (TPSA) is 197 Å². The number of ether oxygens (including phenoxy) is 4. The molecule has 2 aromatic carbocycles. The monoisotopic (exact) mass is 725 g/mol. The highest BCUT2D eigenvalue weighted by molar-refractivity contribution is 7.89. The summed E-state index contributed by atoms with van der Waals surface area (Å²) in [6.07, 6.45) is 2.68. The molecule has 48 heavy (non-hydrogen) atoms. The first-order valence-corrected chi connectivity index (χ1v) is 16.5. The van der Waals surface area contributed by atoms with Crippen LogP contribution < -0.4 is 10.5 Å². The van der Waals surface area contributed by atoms with Crippen molar-refractivity contribution in [3.63, 3.8) is 0 Å². The van der Waals surface area contributed by atoms with Crippen molar-refractivity contribution in [1.82, 2.24) is 4.90 Å². The van der Waals surface area contributed by atoms with E-state index in [1.807, 2.05) is 0 Å². The quantitative estimate of drug-likeness (QED) is 0.142. The number of morpholine rings is 1. The highest BCUT2D eigenvalue weighted by Crippen LogP contribution is 2.40. The number of primary sulfonamides is 1. The van der Waals surface area contributed by atoms with Crippen LogP contribution in [0.25, 0.3) is 0 Å². The van der Waals surface area contributed by atoms with Gasteiger partial charge in [0.2, 0.25) is 22.6 Å². The van der Waals surface area contributed by atoms with Gasteiger partial charge in [0, 0.05) is 16.7 Å². The van der Waals surface area contributed by atoms with Gasteiger partial charge in [0.25, 0.3) is 0 Å². The van der Waals surface area contributed by atoms with Crippen LogP contribution in [0, 0.1) is 0 Å². The predicted molar refractivity (Wildman–Crippen MR) is 172 cm³/mol. The van der Waals surface area contributed by atoms with Crippen molar-refractivity contribution in [3.8, 4) is 0 Å². The molecule has 4 N–H and O–H groups in total. The zero-order chi connectivity index (χ0) is 35.3. The van der Waals surface area contributed by atoms with Crippen molar-refractivity contribution in [1.29, 1.82) is 0 Å². The molecule has 0 bridgehead atoms. The highest BCUT2D eigenvalue weighted by Gasteiger charge is 2.53. The highest BCUT2D eigenvalue weighted by atomic mass is 35.5. The van der Waals surface area contributed by atoms with E-state index in [1.165, 1.54) is 23.3 Å². The number of benzene rings is 2. The van der Waals surface area contributed by atoms with Gasteiger partial charge in [-0.15, -0.1) is 0 Å². The van der Waals surface area contributed by atoms with E-state index in [0.717, 1.165) is 18.2 Å². The van der Waals surface area contributed by atoms with Crippen LogP contribution in [0.1, 0.15) is 42.5 Å². The predicted octanol–water partition coefficient (Wildman–Crippen LogP) is 4.54. The van der Waals surface area contributed by atoms with Gasteiger partial charge in [0.05, 0.1) is 47.3 Å². The van der Waals surface area contributed by atoms with Gasteiger partial charge in [-0.3, -0.25) is 4.90 Å². The van der Waals surface area contributed by atoms with Crippen LogP contribution in [-0.4, -0.2) is 68.0 Å². The number of carbonyl (C=O) groups is 3. The fourth-order valence-electron chi connectivity index (χ4n) is 4.90. The van der Waals surface area contributed by atoms with Crippen LogP contribution in [0.2, 0.25) is 10.0 Å². The summed E-state index contributed by atoms with van der Waals surface area (Å²) in [4.78, 5) is 39.0. The maximum absolute atomic E-state index is 13.1. The number of furan rings is 1. The molecule has 0 aliphatic carbocycles. The summed E-state index contributed by atoms with van der Waals surface area (Å²) >= 11 is 12.2. The van der Waals surface area contributed by atoms with Crippen molar-refractivity contribution < 1.29 is 51.3 Å². The first-order chi connectivity index (χ1) is 22.5. The summed E-state index contributed by atoms with van der Waals surface area (Å²) in [6, 6.07) is 11.0. The number of amides is 1. The Morgan fingerprint density at radius 2 is 1.88 bits per heavy atom. The average Bonchev–Trinajstić information content (AvgIpc) is 3.53. The molecule has 14 nitrogen and oxygen atoms in total. The van der Waals surface area contributed by atoms with E-state index in [9.17, 15) is 27.9 Å². The molecule has 1 aliphatic rings. The van der Waals surface area contributed by atoms with E-state index in [-0.39, 0.29) is 29.4 Å². The fraction of sp³-hybridized carbons (Fsp3) is 0.323. The minimum absolute atomic E-state index is 0.0440. The number of nitrogens with zero attached hydrogens (tertiary/aromatic N) is 1. The lowest BCUT2D eigenvalue weighted by molar-refractivity contribution is -0.295. The molecular weight excluding hydrogens is 693 g/mol. The zero-order valence-electron chi connectivity index (χ0n) is 26.0. The van der Waals surface area contributed by atoms with E-state index in [4.69, 9.17) is 51.7 Å². The second kappa shape index (κ2) is 15.0. The zero-order valence-corrected chi connectivity index (χ0v) is 28.3. The number of aliphatic hydroxyl groups is 1. The van der Waals surface area contributed by atoms with Crippen molar-refractivity contribution in [2.45, 2.75) is 49.6 Å². The van der Waals surface area contributed by atoms with Crippen LogP contribution in [0.15, 0.2) is 76.3 Å². The van der Waals surface area contributed by atoms with E-state index in [0.29, 0.717) is 16.3 Å². The lowest BCUT2D eigenvalue weighted by atomic mass is 9.90. The summed E-state index contributed by atoms with van der Waals surface area (Å²) in [5, 5.41) is 19.7. The van der Waals surface area contributed by atoms with Crippen molar-refractivity contribution in [3.05, 3.63) is 93.9 Å². The molecule has 1 saturated heterocycles. The third kappa shape index (κ3) is 8.66. The third-order valence-corrected chi connectivity index (χ3v) is 8.88. The number of carbonyl (C=O) groups excluding carboxylic acids is 3. The number of nitrogens with one attached hydrogen (secondary N) is 1. The van der Waals surface area contributed by atoms with E-state index in [2.05, 4.69) is 5.32 Å². The number of esters is 2. The number of anilines is 1. The Kier molecular flexibility index (Phi) is 11.4. The van der Waals surface area contributed by atoms with Crippen LogP contribution in [0.5, 0.6) is 0 Å². The number of hydrogen-bond acceptors (Lipinski definition) is 12. The summed E-state index contributed by atoms with van der Waals surface area (Å²) in [7, 11) is -4.28. The summed E-state index contributed by atoms with van der Waals surface area (Å²) in [5.74, 6) is -3.24. The lowest BCUT2D eigenvalue weighted by Crippen LogP contribution is -2.66. The van der Waals surface area contributed by atoms with Gasteiger partial charge < -0.3 is 33.8 Å². The van der Waals surface area contributed by atoms with Gasteiger partial charge in [-0.2, -0.15) is 0 Å². The molecule has 17 heteroatoms. The van der Waals surface area contributed by atoms with Crippen molar-refractivity contribution in [2.75, 3.05) is 25.3 Å². The normalized spacial score (nSPS) is 19.1. The van der Waals surface area contributed by atoms with Gasteiger partial charge >= 0.3 is 18.0 Å². The maximum atomic E-state index is 13.1. The van der Waals surface area contributed by atoms with Gasteiger partial charge in [-0.05, 0) is 63.2 Å². The van der Waals surface area contributed by atoms with Crippen molar-refractivity contribution >= 4 is 56.9 Å². The minimum atomic E-state index is -4.28. The molecule has 2 atom stereocenters. The van der Waals surface area contributed by atoms with Gasteiger partial charge in [0.1, 0.15) is 17.3 Å². The lowest BCUT2D eigenvalue weighted by Gasteiger charge is -2.52. The molecule has 0 spiro atoms. The fourth-order valence-corrected chi connectivity index (χ4v) is 6.19. The van der Waals surface area contributed by atoms with Crippen LogP contribution >= 0.6 is 23.2 Å². The van der Waals surface area contributed by atoms with E-state index >= 15 is 0 Å². The Hall–Kier alpha value is -4.12. The Balaban J connectivity index is 1.32. The van der Waals surface area contributed by atoms with Crippen LogP contribution in [0.3, 0.4) is 0 Å². The van der Waals surface area contributed by atoms with Crippen LogP contribution in [-0.2, 0) is 46.1 Å². The maximum Gasteiger partial charge on any atom is 0.413 e. The molecule has 2 heterocycles. The van der Waals surface area contributed by atoms with Gasteiger partial charge in [-0.25, -0.2) is 27.9 Å². The molecule has 258 valence electrons. The van der Waals surface area contributed by atoms with Gasteiger partial charge in [-0.1, -0.05) is 35.3 Å². The summed E-state index contributed by atoms with van der Waals surface area (Å²) < 4.78 is 50.3. The van der Waals surface area contributed by atoms with Gasteiger partial charge in [0.15, 0.2) is 0 Å². The molecule has 1 aromatic heterocycles. The Morgan fingerprint density at radius 1 is 1.12 bits per heavy atom. The van der Waals surface area contributed by atoms with Crippen LogP contribution in [0.4, 0.5) is 10.5 Å². The summed E-state index contributed by atoms with van der Waals surface area (Å²) in [5.41, 5.74) is -0.610. The molecule has 3 aromatic rings. The number of halogens is 2. The standard InChI is InChI=1S/C31H33Cl2N3O11S/c1-19-31(40,20-7-4-8-21(32)13-20)47-17-30(2,3)36(19)29(39)46-18-45-27(37)10-6-12-44-28(38)23-14-26(48(34,41)42)24(33)15-25(23)35-16-22-9-5-11-43-22/h4-11,13-15,19,35,40H,12,16-18H2,1-3H3,(H2,34,41,42)/b10-6+/t19-,31+/m0/s1. The largest absolute Gasteiger partial charge is 0.467 e. The molecular formula is C31H33Cl2N3O11S. The van der Waals surface area contributed by atoms with Crippen molar-refractivity contribution in [2.24, 2.45) is 5.14 Å². The number of nitrogens with two attached hydrogens (primary N) is 1. The van der Waals surface area contributed by atoms with E-state index in [1.54, 1.807) is 51.1 Å². The molecule has 1 fully saturated rings. The second-order valence-corrected chi connectivity index (χ2v) is 13.5. The molecule has 0 radical (unpaired) electrons. The first-order valence-electron chi connectivity index (χ1n) is 14.2. The molecule has 0 unspecified atom stereocenters. The molecule has 4 rings (SSSR count). The molecule has 1 amide bonds. The minimum Gasteiger partial charge on any atom is -0.467 e. The average molecular weight is 727 g/mol.